The number of rotatable bonds is 4. The summed E-state index contributed by atoms with van der Waals surface area (Å²) in [6.45, 7) is 0. The summed E-state index contributed by atoms with van der Waals surface area (Å²) >= 11 is 0. The zero-order valence-electron chi connectivity index (χ0n) is 8.08. The SMILES string of the molecule is O=C(O)[C@@H](O)/C=C/C=C/c1ccccc1. The lowest BCUT2D eigenvalue weighted by Crippen LogP contribution is -2.15. The molecule has 78 valence electrons. The van der Waals surface area contributed by atoms with E-state index in [1.807, 2.05) is 36.4 Å². The number of carboxylic acid groups (broad SMARTS) is 1. The van der Waals surface area contributed by atoms with Crippen LogP contribution in [-0.4, -0.2) is 22.3 Å². The van der Waals surface area contributed by atoms with Crippen molar-refractivity contribution in [1.29, 1.82) is 0 Å². The Labute approximate surface area is 88.0 Å². The number of hydrogen-bond donors (Lipinski definition) is 2. The van der Waals surface area contributed by atoms with Crippen molar-refractivity contribution in [2.24, 2.45) is 0 Å². The highest BCUT2D eigenvalue weighted by molar-refractivity contribution is 5.74. The van der Waals surface area contributed by atoms with E-state index in [-0.39, 0.29) is 0 Å². The Morgan fingerprint density at radius 1 is 1.20 bits per heavy atom. The van der Waals surface area contributed by atoms with Gasteiger partial charge in [0.15, 0.2) is 6.10 Å². The highest BCUT2D eigenvalue weighted by Crippen LogP contribution is 2.00. The van der Waals surface area contributed by atoms with Crippen LogP contribution < -0.4 is 0 Å². The van der Waals surface area contributed by atoms with E-state index < -0.39 is 12.1 Å². The zero-order chi connectivity index (χ0) is 11.1. The van der Waals surface area contributed by atoms with Gasteiger partial charge in [0.2, 0.25) is 0 Å². The number of benzene rings is 1. The summed E-state index contributed by atoms with van der Waals surface area (Å²) in [5.74, 6) is -1.25. The van der Waals surface area contributed by atoms with Gasteiger partial charge >= 0.3 is 5.97 Å². The van der Waals surface area contributed by atoms with Crippen molar-refractivity contribution in [3.8, 4) is 0 Å². The quantitative estimate of drug-likeness (QED) is 0.734. The Balaban J connectivity index is 2.50. The molecule has 3 heteroatoms. The molecule has 1 atom stereocenters. The summed E-state index contributed by atoms with van der Waals surface area (Å²) in [4.78, 5) is 10.2. The Morgan fingerprint density at radius 3 is 2.47 bits per heavy atom. The molecule has 0 radical (unpaired) electrons. The Hall–Kier alpha value is -1.87. The number of aliphatic carboxylic acids is 1. The number of hydrogen-bond acceptors (Lipinski definition) is 2. The van der Waals surface area contributed by atoms with Crippen molar-refractivity contribution >= 4 is 12.0 Å². The van der Waals surface area contributed by atoms with Crippen LogP contribution in [0.5, 0.6) is 0 Å². The van der Waals surface area contributed by atoms with Crippen LogP contribution in [0.4, 0.5) is 0 Å². The van der Waals surface area contributed by atoms with E-state index in [1.54, 1.807) is 6.08 Å². The van der Waals surface area contributed by atoms with Gasteiger partial charge in [-0.3, -0.25) is 0 Å². The van der Waals surface area contributed by atoms with Gasteiger partial charge in [0.05, 0.1) is 0 Å². The number of aliphatic hydroxyl groups excluding tert-OH is 1. The van der Waals surface area contributed by atoms with Gasteiger partial charge in [-0.1, -0.05) is 48.6 Å². The maximum Gasteiger partial charge on any atom is 0.336 e. The van der Waals surface area contributed by atoms with E-state index >= 15 is 0 Å². The normalized spacial score (nSPS) is 13.4. The monoisotopic (exact) mass is 204 g/mol. The summed E-state index contributed by atoms with van der Waals surface area (Å²) in [5.41, 5.74) is 1.02. The highest BCUT2D eigenvalue weighted by Gasteiger charge is 2.06. The molecule has 2 N–H and O–H groups in total. The molecule has 1 aromatic rings. The first-order chi connectivity index (χ1) is 7.20. The molecule has 3 nitrogen and oxygen atoms in total. The summed E-state index contributed by atoms with van der Waals surface area (Å²) < 4.78 is 0. The van der Waals surface area contributed by atoms with Crippen LogP contribution in [0.3, 0.4) is 0 Å². The second kappa shape index (κ2) is 5.78. The van der Waals surface area contributed by atoms with Crippen LogP contribution >= 0.6 is 0 Å². The van der Waals surface area contributed by atoms with Gasteiger partial charge in [0, 0.05) is 0 Å². The van der Waals surface area contributed by atoms with E-state index in [4.69, 9.17) is 10.2 Å². The van der Waals surface area contributed by atoms with Gasteiger partial charge in [-0.2, -0.15) is 0 Å². The third-order valence-corrected chi connectivity index (χ3v) is 1.75. The predicted octanol–water partition coefficient (Wildman–Crippen LogP) is 1.70. The minimum absolute atomic E-state index is 1.02. The van der Waals surface area contributed by atoms with Crippen LogP contribution in [0.1, 0.15) is 5.56 Å². The van der Waals surface area contributed by atoms with Gasteiger partial charge in [0.25, 0.3) is 0 Å². The number of aliphatic hydroxyl groups is 1. The summed E-state index contributed by atoms with van der Waals surface area (Å²) in [6, 6.07) is 9.60. The summed E-state index contributed by atoms with van der Waals surface area (Å²) in [7, 11) is 0. The van der Waals surface area contributed by atoms with Crippen LogP contribution in [0.2, 0.25) is 0 Å². The van der Waals surface area contributed by atoms with Crippen molar-refractivity contribution in [2.75, 3.05) is 0 Å². The molecule has 0 amide bonds. The van der Waals surface area contributed by atoms with E-state index in [2.05, 4.69) is 0 Å². The molecular weight excluding hydrogens is 192 g/mol. The van der Waals surface area contributed by atoms with Gasteiger partial charge in [0.1, 0.15) is 0 Å². The number of carbonyl (C=O) groups is 1. The van der Waals surface area contributed by atoms with Crippen molar-refractivity contribution in [2.45, 2.75) is 6.10 Å². The average molecular weight is 204 g/mol. The second-order valence-corrected chi connectivity index (χ2v) is 2.94. The molecule has 0 heterocycles. The standard InChI is InChI=1S/C12H12O3/c13-11(12(14)15)9-5-4-8-10-6-2-1-3-7-10/h1-9,11,13H,(H,14,15)/b8-4+,9-5+/t11-/m0/s1. The van der Waals surface area contributed by atoms with Crippen LogP contribution in [0.15, 0.2) is 48.6 Å². The fourth-order valence-electron chi connectivity index (χ4n) is 0.983. The fraction of sp³-hybridized carbons (Fsp3) is 0.0833. The minimum Gasteiger partial charge on any atom is -0.479 e. The fourth-order valence-corrected chi connectivity index (χ4v) is 0.983. The molecule has 1 aromatic carbocycles. The topological polar surface area (TPSA) is 57.5 Å². The van der Waals surface area contributed by atoms with Gasteiger partial charge < -0.3 is 10.2 Å². The molecule has 0 bridgehead atoms. The van der Waals surface area contributed by atoms with Crippen molar-refractivity contribution < 1.29 is 15.0 Å². The lowest BCUT2D eigenvalue weighted by molar-refractivity contribution is -0.144. The van der Waals surface area contributed by atoms with Crippen LogP contribution in [0, 0.1) is 0 Å². The van der Waals surface area contributed by atoms with Gasteiger partial charge in [-0.25, -0.2) is 4.79 Å². The maximum absolute atomic E-state index is 10.2. The third-order valence-electron chi connectivity index (χ3n) is 1.75. The first-order valence-corrected chi connectivity index (χ1v) is 4.51. The Bertz CT molecular complexity index is 366. The van der Waals surface area contributed by atoms with Gasteiger partial charge in [-0.05, 0) is 11.6 Å². The van der Waals surface area contributed by atoms with Crippen LogP contribution in [0.25, 0.3) is 6.08 Å². The molecule has 0 aromatic heterocycles. The largest absolute Gasteiger partial charge is 0.479 e. The van der Waals surface area contributed by atoms with Crippen LogP contribution in [-0.2, 0) is 4.79 Å². The molecule has 0 unspecified atom stereocenters. The van der Waals surface area contributed by atoms with E-state index in [9.17, 15) is 4.79 Å². The maximum atomic E-state index is 10.2. The molecule has 0 aliphatic carbocycles. The molecule has 0 saturated heterocycles. The van der Waals surface area contributed by atoms with E-state index in [1.165, 1.54) is 12.2 Å². The Kier molecular flexibility index (Phi) is 4.31. The number of carboxylic acids is 1. The van der Waals surface area contributed by atoms with E-state index in [0.29, 0.717) is 0 Å². The predicted molar refractivity (Wildman–Crippen MR) is 58.3 cm³/mol. The Morgan fingerprint density at radius 2 is 1.87 bits per heavy atom. The number of allylic oxidation sites excluding steroid dienone is 2. The lowest BCUT2D eigenvalue weighted by Gasteiger charge is -1.94. The van der Waals surface area contributed by atoms with E-state index in [0.717, 1.165) is 5.56 Å². The molecular formula is C12H12O3. The zero-order valence-corrected chi connectivity index (χ0v) is 8.08. The molecule has 15 heavy (non-hydrogen) atoms. The first kappa shape index (κ1) is 11.2. The second-order valence-electron chi connectivity index (χ2n) is 2.94. The first-order valence-electron chi connectivity index (χ1n) is 4.51. The summed E-state index contributed by atoms with van der Waals surface area (Å²) in [6.07, 6.45) is 4.78. The highest BCUT2D eigenvalue weighted by atomic mass is 16.4. The molecule has 0 spiro atoms. The molecule has 1 rings (SSSR count). The summed E-state index contributed by atoms with van der Waals surface area (Å²) in [5, 5.41) is 17.3. The minimum atomic E-state index is -1.44. The molecule has 0 saturated carbocycles. The van der Waals surface area contributed by atoms with Crippen molar-refractivity contribution in [3.05, 3.63) is 54.1 Å². The van der Waals surface area contributed by atoms with Gasteiger partial charge in [-0.15, -0.1) is 0 Å². The smallest absolute Gasteiger partial charge is 0.336 e. The molecule has 0 aliphatic heterocycles. The lowest BCUT2D eigenvalue weighted by atomic mass is 10.2. The molecule has 0 aliphatic rings. The van der Waals surface area contributed by atoms with Crippen molar-refractivity contribution in [3.63, 3.8) is 0 Å². The average Bonchev–Trinajstić information content (AvgIpc) is 2.25. The third kappa shape index (κ3) is 4.24. The van der Waals surface area contributed by atoms with Crippen molar-refractivity contribution in [1.82, 2.24) is 0 Å². The molecule has 0 fully saturated rings.